The van der Waals surface area contributed by atoms with Crippen LogP contribution < -0.4 is 10.5 Å². The second-order valence-electron chi connectivity index (χ2n) is 5.73. The largest absolute Gasteiger partial charge is 0.396 e. The maximum atomic E-state index is 14.0. The van der Waals surface area contributed by atoms with E-state index in [1.54, 1.807) is 0 Å². The van der Waals surface area contributed by atoms with Crippen molar-refractivity contribution in [3.8, 4) is 0 Å². The summed E-state index contributed by atoms with van der Waals surface area (Å²) in [7, 11) is -4.03. The maximum Gasteiger partial charge on any atom is 0.243 e. The van der Waals surface area contributed by atoms with Crippen LogP contribution in [0.25, 0.3) is 0 Å². The molecule has 118 valence electrons. The van der Waals surface area contributed by atoms with E-state index in [9.17, 15) is 12.8 Å². The average Bonchev–Trinajstić information content (AvgIpc) is 2.31. The van der Waals surface area contributed by atoms with Crippen molar-refractivity contribution in [2.75, 3.05) is 12.3 Å². The number of nitrogens with two attached hydrogens (primary N) is 1. The lowest BCUT2D eigenvalue weighted by Gasteiger charge is -2.35. The van der Waals surface area contributed by atoms with Gasteiger partial charge in [-0.1, -0.05) is 11.6 Å². The highest BCUT2D eigenvalue weighted by Crippen LogP contribution is 2.28. The van der Waals surface area contributed by atoms with Gasteiger partial charge in [0.05, 0.1) is 11.3 Å². The van der Waals surface area contributed by atoms with Gasteiger partial charge in [0, 0.05) is 17.7 Å². The molecular weight excluding hydrogens is 319 g/mol. The van der Waals surface area contributed by atoms with Gasteiger partial charge in [0.2, 0.25) is 10.0 Å². The molecule has 1 aliphatic rings. The van der Waals surface area contributed by atoms with Gasteiger partial charge in [0.15, 0.2) is 5.82 Å². The minimum Gasteiger partial charge on any atom is -0.396 e. The van der Waals surface area contributed by atoms with E-state index >= 15 is 0 Å². The number of benzene rings is 1. The molecule has 0 amide bonds. The van der Waals surface area contributed by atoms with E-state index in [0.29, 0.717) is 19.4 Å². The van der Waals surface area contributed by atoms with Crippen molar-refractivity contribution >= 4 is 27.3 Å². The predicted molar refractivity (Wildman–Crippen MR) is 79.2 cm³/mol. The minimum atomic E-state index is -4.03. The normalized spacial score (nSPS) is 22.2. The Morgan fingerprint density at radius 2 is 2.14 bits per heavy atom. The maximum absolute atomic E-state index is 14.0. The van der Waals surface area contributed by atoms with Crippen LogP contribution in [-0.2, 0) is 14.8 Å². The Labute approximate surface area is 128 Å². The lowest BCUT2D eigenvalue weighted by Crippen LogP contribution is -2.45. The Hall–Kier alpha value is -0.890. The van der Waals surface area contributed by atoms with Crippen LogP contribution in [-0.4, -0.2) is 26.7 Å². The highest BCUT2D eigenvalue weighted by Gasteiger charge is 2.32. The quantitative estimate of drug-likeness (QED) is 0.830. The molecule has 2 rings (SSSR count). The number of anilines is 1. The molecule has 5 nitrogen and oxygen atoms in total. The molecule has 1 aromatic rings. The van der Waals surface area contributed by atoms with Crippen LogP contribution in [0.3, 0.4) is 0 Å². The number of halogens is 2. The van der Waals surface area contributed by atoms with Gasteiger partial charge in [-0.2, -0.15) is 0 Å². The Bertz CT molecular complexity index is 649. The highest BCUT2D eigenvalue weighted by atomic mass is 35.5. The summed E-state index contributed by atoms with van der Waals surface area (Å²) in [6, 6.07) is 1.91. The van der Waals surface area contributed by atoms with Gasteiger partial charge in [-0.25, -0.2) is 17.5 Å². The van der Waals surface area contributed by atoms with Gasteiger partial charge >= 0.3 is 0 Å². The van der Waals surface area contributed by atoms with E-state index in [-0.39, 0.29) is 16.8 Å². The molecule has 3 N–H and O–H groups in total. The molecule has 1 saturated heterocycles. The van der Waals surface area contributed by atoms with Crippen LogP contribution in [0.4, 0.5) is 10.1 Å². The van der Waals surface area contributed by atoms with Gasteiger partial charge < -0.3 is 10.5 Å². The van der Waals surface area contributed by atoms with E-state index in [1.807, 2.05) is 13.8 Å². The predicted octanol–water partition coefficient (Wildman–Crippen LogP) is 2.30. The van der Waals surface area contributed by atoms with Crippen molar-refractivity contribution in [2.45, 2.75) is 43.2 Å². The second kappa shape index (κ2) is 5.72. The van der Waals surface area contributed by atoms with Gasteiger partial charge in [-0.3, -0.25) is 0 Å². The van der Waals surface area contributed by atoms with Crippen LogP contribution in [0.1, 0.15) is 26.7 Å². The number of hydrogen-bond donors (Lipinski definition) is 2. The number of sulfonamides is 1. The first kappa shape index (κ1) is 16.5. The highest BCUT2D eigenvalue weighted by molar-refractivity contribution is 7.89. The number of rotatable bonds is 3. The minimum absolute atomic E-state index is 0.0709. The summed E-state index contributed by atoms with van der Waals surface area (Å²) in [4.78, 5) is -0.531. The third kappa shape index (κ3) is 3.85. The molecule has 21 heavy (non-hydrogen) atoms. The molecule has 0 saturated carbocycles. The molecule has 0 spiro atoms. The molecule has 1 atom stereocenters. The zero-order chi connectivity index (χ0) is 15.8. The second-order valence-corrected chi connectivity index (χ2v) is 7.85. The fraction of sp³-hybridized carbons (Fsp3) is 0.538. The molecule has 0 bridgehead atoms. The summed E-state index contributed by atoms with van der Waals surface area (Å²) in [6.45, 7) is 4.21. The summed E-state index contributed by atoms with van der Waals surface area (Å²) in [6.07, 6.45) is 1.03. The van der Waals surface area contributed by atoms with E-state index in [2.05, 4.69) is 4.72 Å². The first-order chi connectivity index (χ1) is 9.61. The lowest BCUT2D eigenvalue weighted by atomic mass is 9.95. The summed E-state index contributed by atoms with van der Waals surface area (Å²) >= 11 is 5.76. The fourth-order valence-corrected chi connectivity index (χ4v) is 4.09. The van der Waals surface area contributed by atoms with Crippen LogP contribution >= 0.6 is 11.6 Å². The van der Waals surface area contributed by atoms with Crippen molar-refractivity contribution < 1.29 is 17.5 Å². The summed E-state index contributed by atoms with van der Waals surface area (Å²) in [5.41, 5.74) is 4.71. The third-order valence-corrected chi connectivity index (χ3v) is 5.08. The van der Waals surface area contributed by atoms with Crippen molar-refractivity contribution in [3.63, 3.8) is 0 Å². The van der Waals surface area contributed by atoms with E-state index < -0.39 is 26.3 Å². The topological polar surface area (TPSA) is 81.4 Å². The molecule has 1 fully saturated rings. The monoisotopic (exact) mass is 336 g/mol. The van der Waals surface area contributed by atoms with E-state index in [0.717, 1.165) is 6.07 Å². The van der Waals surface area contributed by atoms with E-state index in [4.69, 9.17) is 22.1 Å². The number of nitrogen functional groups attached to an aromatic ring is 1. The Morgan fingerprint density at radius 1 is 1.48 bits per heavy atom. The average molecular weight is 337 g/mol. The van der Waals surface area contributed by atoms with Crippen molar-refractivity contribution in [3.05, 3.63) is 23.0 Å². The fourth-order valence-electron chi connectivity index (χ4n) is 2.40. The molecular formula is C13H18ClFN2O3S. The van der Waals surface area contributed by atoms with Crippen LogP contribution in [0.5, 0.6) is 0 Å². The first-order valence-electron chi connectivity index (χ1n) is 6.51. The molecule has 1 aliphatic heterocycles. The number of ether oxygens (including phenoxy) is 1. The van der Waals surface area contributed by atoms with Crippen LogP contribution in [0.15, 0.2) is 17.0 Å². The molecule has 1 aromatic carbocycles. The van der Waals surface area contributed by atoms with Crippen molar-refractivity contribution in [1.29, 1.82) is 0 Å². The zero-order valence-corrected chi connectivity index (χ0v) is 13.4. The summed E-state index contributed by atoms with van der Waals surface area (Å²) < 4.78 is 46.6. The smallest absolute Gasteiger partial charge is 0.243 e. The molecule has 0 radical (unpaired) electrons. The zero-order valence-electron chi connectivity index (χ0n) is 11.8. The standard InChI is InChI=1S/C13H18ClFN2O3S/c1-13(2)7-9(3-4-20-13)17-21(18,19)11-6-8(14)5-10(16)12(11)15/h5-6,9,17H,3-4,7,16H2,1-2H3. The van der Waals surface area contributed by atoms with Gasteiger partial charge in [0.1, 0.15) is 4.90 Å². The number of nitrogens with one attached hydrogen (secondary N) is 1. The van der Waals surface area contributed by atoms with Crippen molar-refractivity contribution in [2.24, 2.45) is 0 Å². The molecule has 0 aromatic heterocycles. The summed E-state index contributed by atoms with van der Waals surface area (Å²) in [5, 5.41) is 0.0709. The molecule has 0 aliphatic carbocycles. The van der Waals surface area contributed by atoms with Crippen LogP contribution in [0.2, 0.25) is 5.02 Å². The Kier molecular flexibility index (Phi) is 4.49. The number of hydrogen-bond acceptors (Lipinski definition) is 4. The Balaban J connectivity index is 2.27. The lowest BCUT2D eigenvalue weighted by molar-refractivity contribution is -0.0599. The summed E-state index contributed by atoms with van der Waals surface area (Å²) in [5.74, 6) is -0.988. The van der Waals surface area contributed by atoms with Gasteiger partial charge in [-0.15, -0.1) is 0 Å². The van der Waals surface area contributed by atoms with E-state index in [1.165, 1.54) is 6.07 Å². The molecule has 1 unspecified atom stereocenters. The Morgan fingerprint density at radius 3 is 2.76 bits per heavy atom. The third-order valence-electron chi connectivity index (χ3n) is 3.34. The molecule has 1 heterocycles. The van der Waals surface area contributed by atoms with Gasteiger partial charge in [-0.05, 0) is 38.8 Å². The van der Waals surface area contributed by atoms with Crippen LogP contribution in [0, 0.1) is 5.82 Å². The van der Waals surface area contributed by atoms with Gasteiger partial charge in [0.25, 0.3) is 0 Å². The first-order valence-corrected chi connectivity index (χ1v) is 8.38. The van der Waals surface area contributed by atoms with Crippen molar-refractivity contribution in [1.82, 2.24) is 4.72 Å². The SMILES string of the molecule is CC1(C)CC(NS(=O)(=O)c2cc(Cl)cc(N)c2F)CCO1. The molecule has 8 heteroatoms.